The molecule has 2 aliphatic rings. The molecule has 3 aromatic carbocycles. The van der Waals surface area contributed by atoms with E-state index in [-0.39, 0.29) is 11.8 Å². The maximum atomic E-state index is 13.1. The van der Waals surface area contributed by atoms with E-state index in [1.165, 1.54) is 30.4 Å². The number of rotatable bonds is 8. The second-order valence-corrected chi connectivity index (χ2v) is 11.9. The average molecular weight is 583 g/mol. The molecule has 1 fully saturated rings. The van der Waals surface area contributed by atoms with E-state index in [1.807, 2.05) is 30.3 Å². The lowest BCUT2D eigenvalue weighted by molar-refractivity contribution is -0.122. The minimum atomic E-state index is -0.00111. The molecule has 0 bridgehead atoms. The summed E-state index contributed by atoms with van der Waals surface area (Å²) in [6, 6.07) is 24.7. The summed E-state index contributed by atoms with van der Waals surface area (Å²) in [7, 11) is 0. The standard InChI is InChI=1S/C36H46N4O3/c41-35(38-24-31-14-6-7-15-32(31)26-39-19-9-3-10-20-39)23-30-16-17-34-33(22-30)27-40(25-29-12-4-1-5-13-29)28-36(42)37-18-8-2-11-21-43-34/h1,4-7,12-17,22H,2-3,8-11,18-21,23-28H2,(H,37,42)(H,38,41). The molecule has 0 aromatic heterocycles. The number of carbonyl (C=O) groups excluding carboxylic acids is 2. The molecule has 0 saturated carbocycles. The normalized spacial score (nSPS) is 17.3. The molecule has 0 aliphatic carbocycles. The van der Waals surface area contributed by atoms with Crippen molar-refractivity contribution in [2.75, 3.05) is 32.8 Å². The number of amides is 2. The highest BCUT2D eigenvalue weighted by Gasteiger charge is 2.17. The Morgan fingerprint density at radius 3 is 2.37 bits per heavy atom. The first-order chi connectivity index (χ1) is 21.1. The van der Waals surface area contributed by atoms with Gasteiger partial charge in [-0.15, -0.1) is 0 Å². The van der Waals surface area contributed by atoms with Gasteiger partial charge in [0.1, 0.15) is 5.75 Å². The third kappa shape index (κ3) is 9.94. The van der Waals surface area contributed by atoms with Crippen LogP contribution in [-0.4, -0.2) is 54.4 Å². The average Bonchev–Trinajstić information content (AvgIpc) is 3.03. The first-order valence-corrected chi connectivity index (χ1v) is 16.0. The van der Waals surface area contributed by atoms with Crippen LogP contribution >= 0.6 is 0 Å². The van der Waals surface area contributed by atoms with Gasteiger partial charge in [0, 0.05) is 38.3 Å². The van der Waals surface area contributed by atoms with Crippen molar-refractivity contribution in [3.63, 3.8) is 0 Å². The molecule has 0 radical (unpaired) electrons. The van der Waals surface area contributed by atoms with E-state index in [4.69, 9.17) is 4.74 Å². The highest BCUT2D eigenvalue weighted by molar-refractivity contribution is 5.79. The smallest absolute Gasteiger partial charge is 0.234 e. The number of nitrogens with zero attached hydrogens (tertiary/aromatic N) is 2. The Hall–Kier alpha value is -3.68. The SMILES string of the molecule is O=C(Cc1ccc2c(c1)CN(Cc1ccccc1)CC(=O)NCCCCCO2)NCc1ccccc1CN1CCCCC1. The van der Waals surface area contributed by atoms with E-state index >= 15 is 0 Å². The van der Waals surface area contributed by atoms with Crippen LogP contribution in [0.1, 0.15) is 66.3 Å². The Morgan fingerprint density at radius 2 is 1.53 bits per heavy atom. The zero-order valence-electron chi connectivity index (χ0n) is 25.4. The van der Waals surface area contributed by atoms with Gasteiger partial charge in [0.25, 0.3) is 0 Å². The van der Waals surface area contributed by atoms with Gasteiger partial charge in [-0.2, -0.15) is 0 Å². The number of piperidine rings is 1. The molecule has 7 heteroatoms. The van der Waals surface area contributed by atoms with Gasteiger partial charge in [0.15, 0.2) is 0 Å². The van der Waals surface area contributed by atoms with Crippen LogP contribution in [0.25, 0.3) is 0 Å². The molecule has 1 saturated heterocycles. The molecule has 2 amide bonds. The van der Waals surface area contributed by atoms with E-state index in [0.29, 0.717) is 45.8 Å². The van der Waals surface area contributed by atoms with Crippen molar-refractivity contribution < 1.29 is 14.3 Å². The third-order valence-corrected chi connectivity index (χ3v) is 8.34. The van der Waals surface area contributed by atoms with Gasteiger partial charge in [-0.05, 0) is 73.5 Å². The fourth-order valence-electron chi connectivity index (χ4n) is 6.01. The second-order valence-electron chi connectivity index (χ2n) is 11.9. The number of benzene rings is 3. The Labute approximate surface area is 256 Å². The lowest BCUT2D eigenvalue weighted by Gasteiger charge is -2.27. The maximum Gasteiger partial charge on any atom is 0.234 e. The minimum Gasteiger partial charge on any atom is -0.493 e. The zero-order valence-corrected chi connectivity index (χ0v) is 25.4. The molecular formula is C36H46N4O3. The van der Waals surface area contributed by atoms with Gasteiger partial charge in [-0.1, -0.05) is 73.2 Å². The number of fused-ring (bicyclic) bond motifs is 1. The predicted octanol–water partition coefficient (Wildman–Crippen LogP) is 5.21. The summed E-state index contributed by atoms with van der Waals surface area (Å²) in [4.78, 5) is 30.6. The van der Waals surface area contributed by atoms with Gasteiger partial charge in [0.05, 0.1) is 19.6 Å². The van der Waals surface area contributed by atoms with Crippen LogP contribution < -0.4 is 15.4 Å². The molecule has 3 aromatic rings. The van der Waals surface area contributed by atoms with Crippen LogP contribution in [0.5, 0.6) is 5.75 Å². The lowest BCUT2D eigenvalue weighted by atomic mass is 10.0. The van der Waals surface area contributed by atoms with Crippen molar-refractivity contribution in [2.45, 2.75) is 71.1 Å². The number of hydrogen-bond acceptors (Lipinski definition) is 5. The first-order valence-electron chi connectivity index (χ1n) is 16.0. The molecule has 2 N–H and O–H groups in total. The van der Waals surface area contributed by atoms with Crippen LogP contribution in [-0.2, 0) is 42.2 Å². The van der Waals surface area contributed by atoms with Gasteiger partial charge in [0.2, 0.25) is 11.8 Å². The van der Waals surface area contributed by atoms with Crippen molar-refractivity contribution in [1.82, 2.24) is 20.4 Å². The second kappa shape index (κ2) is 16.2. The number of carbonyl (C=O) groups is 2. The van der Waals surface area contributed by atoms with E-state index in [9.17, 15) is 9.59 Å². The lowest BCUT2D eigenvalue weighted by Crippen LogP contribution is -2.37. The maximum absolute atomic E-state index is 13.1. The molecule has 0 spiro atoms. The number of ether oxygens (including phenoxy) is 1. The van der Waals surface area contributed by atoms with E-state index < -0.39 is 0 Å². The molecule has 2 heterocycles. The van der Waals surface area contributed by atoms with Gasteiger partial charge in [-0.3, -0.25) is 19.4 Å². The molecular weight excluding hydrogens is 536 g/mol. The van der Waals surface area contributed by atoms with Crippen LogP contribution in [0.4, 0.5) is 0 Å². The molecule has 0 unspecified atom stereocenters. The summed E-state index contributed by atoms with van der Waals surface area (Å²) < 4.78 is 6.23. The van der Waals surface area contributed by atoms with Crippen molar-refractivity contribution >= 4 is 11.8 Å². The number of nitrogens with one attached hydrogen (secondary N) is 2. The van der Waals surface area contributed by atoms with Crippen molar-refractivity contribution in [3.05, 3.63) is 101 Å². The molecule has 2 aliphatic heterocycles. The summed E-state index contributed by atoms with van der Waals surface area (Å²) in [5, 5.41) is 6.24. The van der Waals surface area contributed by atoms with Gasteiger partial charge >= 0.3 is 0 Å². The van der Waals surface area contributed by atoms with Crippen molar-refractivity contribution in [1.29, 1.82) is 0 Å². The van der Waals surface area contributed by atoms with Crippen LogP contribution in [0.15, 0.2) is 72.8 Å². The van der Waals surface area contributed by atoms with Crippen molar-refractivity contribution in [3.8, 4) is 5.75 Å². The Bertz CT molecular complexity index is 1320. The highest BCUT2D eigenvalue weighted by atomic mass is 16.5. The Kier molecular flexibility index (Phi) is 11.6. The number of likely N-dealkylation sites (tertiary alicyclic amines) is 1. The highest BCUT2D eigenvalue weighted by Crippen LogP contribution is 2.24. The summed E-state index contributed by atoms with van der Waals surface area (Å²) in [6.45, 7) is 6.59. The molecule has 0 atom stereocenters. The molecule has 43 heavy (non-hydrogen) atoms. The van der Waals surface area contributed by atoms with Gasteiger partial charge in [-0.25, -0.2) is 0 Å². The summed E-state index contributed by atoms with van der Waals surface area (Å²) in [5.41, 5.74) is 5.56. The summed E-state index contributed by atoms with van der Waals surface area (Å²) in [5.74, 6) is 0.862. The third-order valence-electron chi connectivity index (χ3n) is 8.34. The monoisotopic (exact) mass is 582 g/mol. The van der Waals surface area contributed by atoms with E-state index in [0.717, 1.165) is 61.3 Å². The first kappa shape index (κ1) is 30.8. The predicted molar refractivity (Wildman–Crippen MR) is 170 cm³/mol. The summed E-state index contributed by atoms with van der Waals surface area (Å²) in [6.07, 6.45) is 7.03. The minimum absolute atomic E-state index is 0.00111. The molecule has 5 rings (SSSR count). The van der Waals surface area contributed by atoms with E-state index in [2.05, 4.69) is 62.9 Å². The Morgan fingerprint density at radius 1 is 0.767 bits per heavy atom. The fraction of sp³-hybridized carbons (Fsp3) is 0.444. The topological polar surface area (TPSA) is 73.9 Å². The summed E-state index contributed by atoms with van der Waals surface area (Å²) >= 11 is 0. The van der Waals surface area contributed by atoms with E-state index in [1.54, 1.807) is 0 Å². The largest absolute Gasteiger partial charge is 0.493 e. The quantitative estimate of drug-likeness (QED) is 0.382. The Balaban J connectivity index is 1.26. The molecule has 7 nitrogen and oxygen atoms in total. The van der Waals surface area contributed by atoms with Crippen LogP contribution in [0, 0.1) is 0 Å². The fourth-order valence-corrected chi connectivity index (χ4v) is 6.01. The van der Waals surface area contributed by atoms with Gasteiger partial charge < -0.3 is 15.4 Å². The van der Waals surface area contributed by atoms with Crippen LogP contribution in [0.2, 0.25) is 0 Å². The zero-order chi connectivity index (χ0) is 29.7. The van der Waals surface area contributed by atoms with Crippen molar-refractivity contribution in [2.24, 2.45) is 0 Å². The van der Waals surface area contributed by atoms with Crippen LogP contribution in [0.3, 0.4) is 0 Å². The number of hydrogen-bond donors (Lipinski definition) is 2. The molecule has 228 valence electrons.